The summed E-state index contributed by atoms with van der Waals surface area (Å²) in [4.78, 5) is 0. The summed E-state index contributed by atoms with van der Waals surface area (Å²) in [5.41, 5.74) is 0. The molecular formula is C5H15O2P. The van der Waals surface area contributed by atoms with Gasteiger partial charge in [0.25, 0.3) is 0 Å². The molecule has 0 aromatic carbocycles. The van der Waals surface area contributed by atoms with Crippen LogP contribution in [0.4, 0.5) is 0 Å². The maximum absolute atomic E-state index is 8.87. The predicted octanol–water partition coefficient (Wildman–Crippen LogP) is 0.196. The second-order valence-electron chi connectivity index (χ2n) is 2.50. The topological polar surface area (TPSA) is 51.7 Å². The lowest BCUT2D eigenvalue weighted by molar-refractivity contribution is 0.161. The molecule has 8 heavy (non-hydrogen) atoms. The maximum Gasteiger partial charge on any atom is 0.0597 e. The fourth-order valence-electron chi connectivity index (χ4n) is 0. The average Bonchev–Trinajstić information content (AvgIpc) is 1.31. The lowest BCUT2D eigenvalue weighted by Crippen LogP contribution is -2.25. The first kappa shape index (κ1) is 11.2. The van der Waals surface area contributed by atoms with Crippen molar-refractivity contribution in [3.8, 4) is 0 Å². The van der Waals surface area contributed by atoms with Crippen LogP contribution in [0.5, 0.6) is 0 Å². The van der Waals surface area contributed by atoms with Crippen molar-refractivity contribution in [2.75, 3.05) is 0 Å². The van der Waals surface area contributed by atoms with E-state index in [1.54, 1.807) is 6.92 Å². The molecule has 3 heteroatoms. The Bertz CT molecular complexity index is 55.9. The van der Waals surface area contributed by atoms with E-state index < -0.39 is 0 Å². The summed E-state index contributed by atoms with van der Waals surface area (Å²) in [6.45, 7) is 5.73. The third kappa shape index (κ3) is 4.51. The molecule has 0 bridgehead atoms. The van der Waals surface area contributed by atoms with Crippen molar-refractivity contribution in [1.29, 1.82) is 0 Å². The monoisotopic (exact) mass is 138 g/mol. The highest BCUT2D eigenvalue weighted by molar-refractivity contribution is 7.18. The summed E-state index contributed by atoms with van der Waals surface area (Å²) < 4.78 is 0. The van der Waals surface area contributed by atoms with E-state index >= 15 is 0 Å². The summed E-state index contributed by atoms with van der Waals surface area (Å²) in [5.74, 6) is 0. The summed E-state index contributed by atoms with van der Waals surface area (Å²) in [7, 11) is 2.58. The van der Waals surface area contributed by atoms with Crippen LogP contribution in [-0.4, -0.2) is 21.8 Å². The van der Waals surface area contributed by atoms with E-state index in [2.05, 4.69) is 9.24 Å². The molecule has 2 nitrogen and oxygen atoms in total. The van der Waals surface area contributed by atoms with Gasteiger partial charge in [0.1, 0.15) is 0 Å². The smallest absolute Gasteiger partial charge is 0.0597 e. The lowest BCUT2D eigenvalue weighted by atomic mass is 10.1. The zero-order valence-electron chi connectivity index (χ0n) is 5.60. The first-order valence-corrected chi connectivity index (χ1v) is 2.99. The number of aliphatic hydroxyl groups excluding tert-OH is 1. The fourth-order valence-corrected chi connectivity index (χ4v) is 0. The molecule has 2 atom stereocenters. The first-order valence-electron chi connectivity index (χ1n) is 2.41. The van der Waals surface area contributed by atoms with Crippen LogP contribution in [0, 0.1) is 0 Å². The second kappa shape index (κ2) is 3.39. The Hall–Kier alpha value is 0.350. The Labute approximate surface area is 52.8 Å². The molecule has 0 aromatic rings. The molecule has 0 radical (unpaired) electrons. The minimum absolute atomic E-state index is 0. The van der Waals surface area contributed by atoms with Crippen LogP contribution < -0.4 is 0 Å². The molecule has 0 saturated heterocycles. The quantitative estimate of drug-likeness (QED) is 0.517. The number of hydrogen-bond acceptors (Lipinski definition) is 1. The van der Waals surface area contributed by atoms with Crippen molar-refractivity contribution in [2.24, 2.45) is 0 Å². The molecule has 52 valence electrons. The standard InChI is InChI=1S/C5H13OP.H2O/c1-4(6)5(2,3)7;/h4,6H,7H2,1-3H3;1H2. The van der Waals surface area contributed by atoms with Gasteiger partial charge in [-0.2, -0.15) is 0 Å². The van der Waals surface area contributed by atoms with Gasteiger partial charge in [-0.15, -0.1) is 9.24 Å². The molecular weight excluding hydrogens is 123 g/mol. The van der Waals surface area contributed by atoms with Gasteiger partial charge >= 0.3 is 0 Å². The first-order chi connectivity index (χ1) is 2.94. The van der Waals surface area contributed by atoms with Crippen LogP contribution in [0.25, 0.3) is 0 Å². The third-order valence-corrected chi connectivity index (χ3v) is 1.56. The summed E-state index contributed by atoms with van der Waals surface area (Å²) in [6.07, 6.45) is -0.238. The van der Waals surface area contributed by atoms with Crippen molar-refractivity contribution < 1.29 is 10.6 Å². The van der Waals surface area contributed by atoms with E-state index in [1.807, 2.05) is 13.8 Å². The minimum Gasteiger partial charge on any atom is -0.412 e. The van der Waals surface area contributed by atoms with E-state index in [-0.39, 0.29) is 16.7 Å². The van der Waals surface area contributed by atoms with Crippen molar-refractivity contribution in [3.05, 3.63) is 0 Å². The van der Waals surface area contributed by atoms with Gasteiger partial charge in [-0.05, 0) is 6.92 Å². The molecule has 0 spiro atoms. The van der Waals surface area contributed by atoms with Crippen LogP contribution in [0.3, 0.4) is 0 Å². The van der Waals surface area contributed by atoms with E-state index in [4.69, 9.17) is 5.11 Å². The Balaban J connectivity index is 0. The van der Waals surface area contributed by atoms with Gasteiger partial charge in [0.05, 0.1) is 6.10 Å². The van der Waals surface area contributed by atoms with Crippen molar-refractivity contribution >= 4 is 9.24 Å². The van der Waals surface area contributed by atoms with Gasteiger partial charge in [0.15, 0.2) is 0 Å². The molecule has 0 saturated carbocycles. The average molecular weight is 138 g/mol. The number of rotatable bonds is 1. The highest BCUT2D eigenvalue weighted by atomic mass is 31.0. The molecule has 0 rings (SSSR count). The Morgan fingerprint density at radius 1 is 1.50 bits per heavy atom. The molecule has 0 aliphatic carbocycles. The van der Waals surface area contributed by atoms with Crippen LogP contribution in [0.15, 0.2) is 0 Å². The van der Waals surface area contributed by atoms with Crippen molar-refractivity contribution in [3.63, 3.8) is 0 Å². The van der Waals surface area contributed by atoms with E-state index in [1.165, 1.54) is 0 Å². The van der Waals surface area contributed by atoms with Gasteiger partial charge in [0, 0.05) is 5.16 Å². The summed E-state index contributed by atoms with van der Waals surface area (Å²) >= 11 is 0. The van der Waals surface area contributed by atoms with Crippen LogP contribution >= 0.6 is 9.24 Å². The number of aliphatic hydroxyl groups is 1. The molecule has 3 N–H and O–H groups in total. The van der Waals surface area contributed by atoms with Gasteiger partial charge in [-0.1, -0.05) is 13.8 Å². The highest BCUT2D eigenvalue weighted by Crippen LogP contribution is 2.19. The van der Waals surface area contributed by atoms with Crippen molar-refractivity contribution in [1.82, 2.24) is 0 Å². The van der Waals surface area contributed by atoms with Crippen LogP contribution in [-0.2, 0) is 0 Å². The van der Waals surface area contributed by atoms with Crippen LogP contribution in [0.1, 0.15) is 20.8 Å². The van der Waals surface area contributed by atoms with Gasteiger partial charge in [-0.25, -0.2) is 0 Å². The molecule has 0 fully saturated rings. The zero-order chi connectivity index (χ0) is 6.08. The predicted molar refractivity (Wildman–Crippen MR) is 39.1 cm³/mol. The van der Waals surface area contributed by atoms with E-state index in [9.17, 15) is 0 Å². The molecule has 2 unspecified atom stereocenters. The fraction of sp³-hybridized carbons (Fsp3) is 1.00. The Kier molecular flexibility index (Phi) is 4.74. The van der Waals surface area contributed by atoms with E-state index in [0.717, 1.165) is 0 Å². The maximum atomic E-state index is 8.87. The largest absolute Gasteiger partial charge is 0.412 e. The summed E-state index contributed by atoms with van der Waals surface area (Å²) in [6, 6.07) is 0. The minimum atomic E-state index is -0.238. The van der Waals surface area contributed by atoms with Gasteiger partial charge < -0.3 is 10.6 Å². The number of hydrogen-bond donors (Lipinski definition) is 1. The second-order valence-corrected chi connectivity index (χ2v) is 3.99. The summed E-state index contributed by atoms with van der Waals surface area (Å²) in [5, 5.41) is 8.84. The van der Waals surface area contributed by atoms with Gasteiger partial charge in [0.2, 0.25) is 0 Å². The Morgan fingerprint density at radius 2 is 1.62 bits per heavy atom. The third-order valence-electron chi connectivity index (χ3n) is 1.08. The van der Waals surface area contributed by atoms with Crippen LogP contribution in [0.2, 0.25) is 0 Å². The molecule has 0 aliphatic heterocycles. The molecule has 0 aromatic heterocycles. The highest BCUT2D eigenvalue weighted by Gasteiger charge is 2.16. The SMILES string of the molecule is CC(O)C(C)(C)P.O. The Morgan fingerprint density at radius 3 is 1.62 bits per heavy atom. The van der Waals surface area contributed by atoms with Gasteiger partial charge in [-0.3, -0.25) is 0 Å². The lowest BCUT2D eigenvalue weighted by Gasteiger charge is -2.20. The molecule has 0 aliphatic rings. The molecule has 0 heterocycles. The molecule has 0 amide bonds. The van der Waals surface area contributed by atoms with Crippen molar-refractivity contribution in [2.45, 2.75) is 32.0 Å². The van der Waals surface area contributed by atoms with E-state index in [0.29, 0.717) is 0 Å². The normalized spacial score (nSPS) is 14.6. The zero-order valence-corrected chi connectivity index (χ0v) is 6.76.